The second-order valence-electron chi connectivity index (χ2n) is 8.18. The van der Waals surface area contributed by atoms with E-state index in [2.05, 4.69) is 42.2 Å². The highest BCUT2D eigenvalue weighted by molar-refractivity contribution is 6.07. The second kappa shape index (κ2) is 9.41. The average Bonchev–Trinajstić information content (AvgIpc) is 3.40. The SMILES string of the molecule is Nc1ncc(-c2ccc(N3CCCC3)cc2)nc1C(=O)Nc1cnccc1N1CCOCC1. The maximum atomic E-state index is 13.1. The molecule has 0 saturated carbocycles. The predicted molar refractivity (Wildman–Crippen MR) is 129 cm³/mol. The Morgan fingerprint density at radius 2 is 1.73 bits per heavy atom. The van der Waals surface area contributed by atoms with Gasteiger partial charge in [0.2, 0.25) is 0 Å². The largest absolute Gasteiger partial charge is 0.382 e. The summed E-state index contributed by atoms with van der Waals surface area (Å²) in [5.41, 5.74) is 10.3. The fourth-order valence-electron chi connectivity index (χ4n) is 4.27. The van der Waals surface area contributed by atoms with Gasteiger partial charge >= 0.3 is 0 Å². The van der Waals surface area contributed by atoms with Crippen molar-refractivity contribution in [1.29, 1.82) is 0 Å². The molecular weight excluding hydrogens is 418 g/mol. The van der Waals surface area contributed by atoms with Crippen molar-refractivity contribution < 1.29 is 9.53 Å². The molecule has 0 bridgehead atoms. The van der Waals surface area contributed by atoms with Crippen molar-refractivity contribution in [3.05, 3.63) is 54.6 Å². The van der Waals surface area contributed by atoms with Crippen LogP contribution in [0.1, 0.15) is 23.3 Å². The normalized spacial score (nSPS) is 16.1. The summed E-state index contributed by atoms with van der Waals surface area (Å²) in [5, 5.41) is 2.92. The van der Waals surface area contributed by atoms with Gasteiger partial charge in [0, 0.05) is 43.6 Å². The number of rotatable bonds is 5. The van der Waals surface area contributed by atoms with E-state index in [4.69, 9.17) is 10.5 Å². The molecule has 0 aliphatic carbocycles. The number of nitrogens with two attached hydrogens (primary N) is 1. The third-order valence-electron chi connectivity index (χ3n) is 6.05. The number of nitrogen functional groups attached to an aromatic ring is 1. The monoisotopic (exact) mass is 445 g/mol. The van der Waals surface area contributed by atoms with E-state index in [1.165, 1.54) is 18.5 Å². The molecule has 2 aliphatic rings. The van der Waals surface area contributed by atoms with Crippen LogP contribution < -0.4 is 20.9 Å². The van der Waals surface area contributed by atoms with E-state index in [1.807, 2.05) is 18.2 Å². The molecule has 0 atom stereocenters. The molecule has 2 fully saturated rings. The summed E-state index contributed by atoms with van der Waals surface area (Å²) in [6.45, 7) is 4.97. The summed E-state index contributed by atoms with van der Waals surface area (Å²) in [4.78, 5) is 30.6. The molecule has 33 heavy (non-hydrogen) atoms. The van der Waals surface area contributed by atoms with E-state index >= 15 is 0 Å². The van der Waals surface area contributed by atoms with Gasteiger partial charge in [-0.25, -0.2) is 9.97 Å². The van der Waals surface area contributed by atoms with Crippen LogP contribution in [0, 0.1) is 0 Å². The summed E-state index contributed by atoms with van der Waals surface area (Å²) in [5.74, 6) is -0.334. The van der Waals surface area contributed by atoms with Crippen LogP contribution in [0.5, 0.6) is 0 Å². The first kappa shape index (κ1) is 21.1. The van der Waals surface area contributed by atoms with Gasteiger partial charge in [-0.15, -0.1) is 0 Å². The number of hydrogen-bond donors (Lipinski definition) is 2. The predicted octanol–water partition coefficient (Wildman–Crippen LogP) is 2.81. The number of amides is 1. The minimum Gasteiger partial charge on any atom is -0.382 e. The molecule has 3 aromatic rings. The molecular formula is C24H27N7O2. The quantitative estimate of drug-likeness (QED) is 0.617. The molecule has 1 amide bonds. The van der Waals surface area contributed by atoms with Gasteiger partial charge in [0.1, 0.15) is 0 Å². The summed E-state index contributed by atoms with van der Waals surface area (Å²) < 4.78 is 5.44. The first-order valence-electron chi connectivity index (χ1n) is 11.2. The minimum absolute atomic E-state index is 0.0850. The number of hydrogen-bond acceptors (Lipinski definition) is 8. The molecule has 9 nitrogen and oxygen atoms in total. The summed E-state index contributed by atoms with van der Waals surface area (Å²) in [6, 6.07) is 10.1. The number of nitrogens with one attached hydrogen (secondary N) is 1. The molecule has 0 spiro atoms. The van der Waals surface area contributed by atoms with Gasteiger partial charge in [-0.3, -0.25) is 9.78 Å². The van der Waals surface area contributed by atoms with Crippen LogP contribution in [0.2, 0.25) is 0 Å². The summed E-state index contributed by atoms with van der Waals surface area (Å²) in [6.07, 6.45) is 7.40. The summed E-state index contributed by atoms with van der Waals surface area (Å²) in [7, 11) is 0. The second-order valence-corrected chi connectivity index (χ2v) is 8.18. The molecule has 5 rings (SSSR count). The highest BCUT2D eigenvalue weighted by atomic mass is 16.5. The Bertz CT molecular complexity index is 1120. The Balaban J connectivity index is 1.37. The van der Waals surface area contributed by atoms with E-state index in [1.54, 1.807) is 18.6 Å². The number of ether oxygens (including phenoxy) is 1. The number of nitrogens with zero attached hydrogens (tertiary/aromatic N) is 5. The molecule has 170 valence electrons. The Morgan fingerprint density at radius 3 is 2.48 bits per heavy atom. The van der Waals surface area contributed by atoms with Crippen LogP contribution in [-0.4, -0.2) is 60.3 Å². The number of aromatic nitrogens is 3. The molecule has 0 unspecified atom stereocenters. The van der Waals surface area contributed by atoms with E-state index in [9.17, 15) is 4.79 Å². The molecule has 0 radical (unpaired) electrons. The van der Waals surface area contributed by atoms with Gasteiger partial charge in [0.05, 0.1) is 42.7 Å². The van der Waals surface area contributed by atoms with Gasteiger partial charge in [-0.05, 0) is 31.0 Å². The van der Waals surface area contributed by atoms with Crippen molar-refractivity contribution >= 4 is 28.8 Å². The van der Waals surface area contributed by atoms with Crippen molar-refractivity contribution in [2.45, 2.75) is 12.8 Å². The van der Waals surface area contributed by atoms with E-state index in [0.717, 1.165) is 37.4 Å². The van der Waals surface area contributed by atoms with Crippen LogP contribution in [-0.2, 0) is 4.74 Å². The van der Waals surface area contributed by atoms with Crippen LogP contribution in [0.15, 0.2) is 48.9 Å². The maximum absolute atomic E-state index is 13.1. The fraction of sp³-hybridized carbons (Fsp3) is 0.333. The van der Waals surface area contributed by atoms with Crippen LogP contribution in [0.3, 0.4) is 0 Å². The third-order valence-corrected chi connectivity index (χ3v) is 6.05. The van der Waals surface area contributed by atoms with E-state index in [0.29, 0.717) is 24.6 Å². The molecule has 9 heteroatoms. The van der Waals surface area contributed by atoms with Crippen LogP contribution in [0.4, 0.5) is 22.9 Å². The van der Waals surface area contributed by atoms with E-state index in [-0.39, 0.29) is 11.5 Å². The fourth-order valence-corrected chi connectivity index (χ4v) is 4.27. The van der Waals surface area contributed by atoms with Crippen molar-refractivity contribution in [3.63, 3.8) is 0 Å². The average molecular weight is 446 g/mol. The number of pyridine rings is 1. The highest BCUT2D eigenvalue weighted by Gasteiger charge is 2.20. The van der Waals surface area contributed by atoms with Gasteiger partial charge in [0.15, 0.2) is 11.5 Å². The van der Waals surface area contributed by atoms with Crippen molar-refractivity contribution in [3.8, 4) is 11.3 Å². The van der Waals surface area contributed by atoms with Gasteiger partial charge in [0.25, 0.3) is 5.91 Å². The number of benzene rings is 1. The molecule has 3 N–H and O–H groups in total. The molecule has 2 saturated heterocycles. The Morgan fingerprint density at radius 1 is 0.970 bits per heavy atom. The van der Waals surface area contributed by atoms with Gasteiger partial charge < -0.3 is 25.6 Å². The lowest BCUT2D eigenvalue weighted by molar-refractivity contribution is 0.102. The number of anilines is 4. The molecule has 2 aromatic heterocycles. The smallest absolute Gasteiger partial charge is 0.278 e. The number of morpholine rings is 1. The van der Waals surface area contributed by atoms with Crippen molar-refractivity contribution in [2.24, 2.45) is 0 Å². The number of carbonyl (C=O) groups is 1. The Labute approximate surface area is 192 Å². The highest BCUT2D eigenvalue weighted by Crippen LogP contribution is 2.27. The maximum Gasteiger partial charge on any atom is 0.278 e. The standard InChI is InChI=1S/C24H27N7O2/c25-23-22(24(32)29-20-15-26-8-7-21(20)31-11-13-33-14-12-31)28-19(16-27-23)17-3-5-18(6-4-17)30-9-1-2-10-30/h3-8,15-16H,1-2,9-14H2,(H2,25,27)(H,29,32). The molecule has 2 aliphatic heterocycles. The lowest BCUT2D eigenvalue weighted by atomic mass is 10.1. The number of carbonyl (C=O) groups excluding carboxylic acids is 1. The van der Waals surface area contributed by atoms with Crippen molar-refractivity contribution in [1.82, 2.24) is 15.0 Å². The first-order chi connectivity index (χ1) is 16.2. The zero-order chi connectivity index (χ0) is 22.6. The first-order valence-corrected chi connectivity index (χ1v) is 11.2. The zero-order valence-electron chi connectivity index (χ0n) is 18.4. The topological polar surface area (TPSA) is 110 Å². The minimum atomic E-state index is -0.418. The lowest BCUT2D eigenvalue weighted by Gasteiger charge is -2.30. The van der Waals surface area contributed by atoms with E-state index < -0.39 is 5.91 Å². The van der Waals surface area contributed by atoms with Gasteiger partial charge in [-0.1, -0.05) is 12.1 Å². The van der Waals surface area contributed by atoms with Crippen molar-refractivity contribution in [2.75, 3.05) is 60.2 Å². The third kappa shape index (κ3) is 4.58. The summed E-state index contributed by atoms with van der Waals surface area (Å²) >= 11 is 0. The Hall–Kier alpha value is -3.72. The van der Waals surface area contributed by atoms with Gasteiger partial charge in [-0.2, -0.15) is 0 Å². The Kier molecular flexibility index (Phi) is 6.03. The zero-order valence-corrected chi connectivity index (χ0v) is 18.4. The van der Waals surface area contributed by atoms with Crippen LogP contribution in [0.25, 0.3) is 11.3 Å². The lowest BCUT2D eigenvalue weighted by Crippen LogP contribution is -2.36. The molecule has 1 aromatic carbocycles. The van der Waals surface area contributed by atoms with Crippen LogP contribution >= 0.6 is 0 Å². The molecule has 4 heterocycles.